The molecule has 0 unspecified atom stereocenters. The second-order valence-corrected chi connectivity index (χ2v) is 7.32. The number of hydrogen-bond acceptors (Lipinski definition) is 5. The molecule has 1 aliphatic rings. The normalized spacial score (nSPS) is 16.9. The minimum absolute atomic E-state index is 0.234. The van der Waals surface area contributed by atoms with Crippen molar-refractivity contribution >= 4 is 33.0 Å². The van der Waals surface area contributed by atoms with Crippen molar-refractivity contribution in [3.05, 3.63) is 5.01 Å². The molecule has 0 saturated heterocycles. The van der Waals surface area contributed by atoms with Gasteiger partial charge in [0.25, 0.3) is 10.0 Å². The molecule has 0 fully saturated rings. The Bertz CT molecular complexity index is 561. The van der Waals surface area contributed by atoms with Gasteiger partial charge in [-0.1, -0.05) is 26.2 Å². The predicted molar refractivity (Wildman–Crippen MR) is 73.9 cm³/mol. The highest BCUT2D eigenvalue weighted by atomic mass is 32.2. The summed E-state index contributed by atoms with van der Waals surface area (Å²) in [7, 11) is -3.53. The van der Waals surface area contributed by atoms with Gasteiger partial charge in [0.1, 0.15) is 5.84 Å². The number of fused-ring (bicyclic) bond motifs is 1. The van der Waals surface area contributed by atoms with Crippen molar-refractivity contribution in [3.63, 3.8) is 0 Å². The van der Waals surface area contributed by atoms with Gasteiger partial charge in [-0.3, -0.25) is 0 Å². The Morgan fingerprint density at radius 3 is 2.78 bits per heavy atom. The lowest BCUT2D eigenvalue weighted by Crippen LogP contribution is -2.20. The van der Waals surface area contributed by atoms with Gasteiger partial charge in [0, 0.05) is 6.42 Å². The molecule has 0 radical (unpaired) electrons. The topological polar surface area (TPSA) is 71.4 Å². The van der Waals surface area contributed by atoms with Crippen LogP contribution in [0.5, 0.6) is 0 Å². The number of aromatic nitrogens is 1. The van der Waals surface area contributed by atoms with Crippen molar-refractivity contribution in [1.29, 1.82) is 0 Å². The van der Waals surface area contributed by atoms with E-state index in [1.165, 1.54) is 6.42 Å². The molecule has 7 heteroatoms. The van der Waals surface area contributed by atoms with Crippen LogP contribution in [0.15, 0.2) is 8.61 Å². The van der Waals surface area contributed by atoms with E-state index in [-0.39, 0.29) is 4.21 Å². The van der Waals surface area contributed by atoms with Crippen molar-refractivity contribution in [3.8, 4) is 0 Å². The predicted octanol–water partition coefficient (Wildman–Crippen LogP) is 2.93. The highest BCUT2D eigenvalue weighted by Gasteiger charge is 2.28. The van der Waals surface area contributed by atoms with Gasteiger partial charge in [0.2, 0.25) is 0 Å². The Kier molecular flexibility index (Phi) is 4.01. The van der Waals surface area contributed by atoms with Gasteiger partial charge in [-0.2, -0.15) is 8.42 Å². The second-order valence-electron chi connectivity index (χ2n) is 4.32. The van der Waals surface area contributed by atoms with E-state index < -0.39 is 10.0 Å². The summed E-state index contributed by atoms with van der Waals surface area (Å²) in [5, 5.41) is 3.76. The van der Waals surface area contributed by atoms with E-state index >= 15 is 0 Å². The molecule has 0 amide bonds. The van der Waals surface area contributed by atoms with Gasteiger partial charge >= 0.3 is 0 Å². The fourth-order valence-electron chi connectivity index (χ4n) is 1.84. The van der Waals surface area contributed by atoms with Crippen molar-refractivity contribution in [2.45, 2.75) is 50.2 Å². The molecule has 0 aliphatic carbocycles. The SMILES string of the molecule is CCCCCCC1=NS(=O)(=O)c2sc(C)nc2N1. The number of thiazole rings is 1. The standard InChI is InChI=1S/C11H17N3O2S2/c1-3-4-5-6-7-9-13-10-11(17-8(2)12-10)18(15,16)14-9/h3-7H2,1-2H3,(H,13,14). The molecule has 1 N–H and O–H groups in total. The van der Waals surface area contributed by atoms with Crippen LogP contribution in [0.4, 0.5) is 5.82 Å². The van der Waals surface area contributed by atoms with Gasteiger partial charge < -0.3 is 5.32 Å². The average molecular weight is 287 g/mol. The molecule has 1 aromatic heterocycles. The third kappa shape index (κ3) is 2.89. The second kappa shape index (κ2) is 5.36. The lowest BCUT2D eigenvalue weighted by atomic mass is 10.1. The molecule has 0 aromatic carbocycles. The Morgan fingerprint density at radius 1 is 1.28 bits per heavy atom. The molecule has 2 heterocycles. The number of anilines is 1. The zero-order chi connectivity index (χ0) is 13.2. The summed E-state index contributed by atoms with van der Waals surface area (Å²) >= 11 is 1.16. The highest BCUT2D eigenvalue weighted by molar-refractivity contribution is 7.92. The van der Waals surface area contributed by atoms with Crippen molar-refractivity contribution < 1.29 is 8.42 Å². The number of sulfonamides is 1. The lowest BCUT2D eigenvalue weighted by molar-refractivity contribution is 0.599. The first-order valence-electron chi connectivity index (χ1n) is 6.11. The molecule has 1 aliphatic heterocycles. The number of nitrogens with one attached hydrogen (secondary N) is 1. The van der Waals surface area contributed by atoms with Crippen molar-refractivity contribution in [2.24, 2.45) is 4.40 Å². The van der Waals surface area contributed by atoms with E-state index in [1.54, 1.807) is 6.92 Å². The van der Waals surface area contributed by atoms with E-state index in [1.807, 2.05) is 0 Å². The van der Waals surface area contributed by atoms with Crippen LogP contribution in [0.25, 0.3) is 0 Å². The summed E-state index contributed by atoms with van der Waals surface area (Å²) in [5.74, 6) is 0.960. The molecule has 1 aromatic rings. The molecule has 0 atom stereocenters. The summed E-state index contributed by atoms with van der Waals surface area (Å²) in [6.07, 6.45) is 5.04. The third-order valence-electron chi connectivity index (χ3n) is 2.70. The van der Waals surface area contributed by atoms with Crippen LogP contribution < -0.4 is 5.32 Å². The molecule has 0 bridgehead atoms. The van der Waals surface area contributed by atoms with Crippen LogP contribution in [0.3, 0.4) is 0 Å². The monoisotopic (exact) mass is 287 g/mol. The first-order chi connectivity index (χ1) is 8.53. The van der Waals surface area contributed by atoms with E-state index in [4.69, 9.17) is 0 Å². The fourth-order valence-corrected chi connectivity index (χ4v) is 4.18. The summed E-state index contributed by atoms with van der Waals surface area (Å²) in [6, 6.07) is 0. The van der Waals surface area contributed by atoms with Crippen molar-refractivity contribution in [2.75, 3.05) is 5.32 Å². The van der Waals surface area contributed by atoms with Gasteiger partial charge in [-0.15, -0.1) is 15.7 Å². The molecule has 18 heavy (non-hydrogen) atoms. The molecule has 100 valence electrons. The van der Waals surface area contributed by atoms with Gasteiger partial charge in [-0.05, 0) is 13.3 Å². The Balaban J connectivity index is 2.10. The maximum Gasteiger partial charge on any atom is 0.297 e. The van der Waals surface area contributed by atoms with Crippen LogP contribution >= 0.6 is 11.3 Å². The number of nitrogens with zero attached hydrogens (tertiary/aromatic N) is 2. The molecule has 5 nitrogen and oxygen atoms in total. The molecule has 0 spiro atoms. The van der Waals surface area contributed by atoms with Crippen LogP contribution in [0.2, 0.25) is 0 Å². The number of unbranched alkanes of at least 4 members (excludes halogenated alkanes) is 3. The lowest BCUT2D eigenvalue weighted by Gasteiger charge is -2.13. The third-order valence-corrected chi connectivity index (χ3v) is 5.47. The van der Waals surface area contributed by atoms with Crippen LogP contribution in [-0.2, 0) is 10.0 Å². The Hall–Kier alpha value is -0.950. The smallest absolute Gasteiger partial charge is 0.297 e. The average Bonchev–Trinajstić information content (AvgIpc) is 2.66. The zero-order valence-electron chi connectivity index (χ0n) is 10.6. The summed E-state index contributed by atoms with van der Waals surface area (Å²) in [6.45, 7) is 3.94. The Morgan fingerprint density at radius 2 is 2.06 bits per heavy atom. The number of aryl methyl sites for hydroxylation is 1. The maximum atomic E-state index is 11.9. The Labute approximate surface area is 111 Å². The zero-order valence-corrected chi connectivity index (χ0v) is 12.2. The molecule has 2 rings (SSSR count). The minimum atomic E-state index is -3.53. The van der Waals surface area contributed by atoms with Gasteiger partial charge in [0.05, 0.1) is 5.01 Å². The molecular formula is C11H17N3O2S2. The highest BCUT2D eigenvalue weighted by Crippen LogP contribution is 2.32. The van der Waals surface area contributed by atoms with E-state index in [0.717, 1.165) is 35.6 Å². The first-order valence-corrected chi connectivity index (χ1v) is 8.37. The largest absolute Gasteiger partial charge is 0.326 e. The first kappa shape index (κ1) is 13.5. The van der Waals surface area contributed by atoms with Crippen LogP contribution in [0, 0.1) is 6.92 Å². The van der Waals surface area contributed by atoms with E-state index in [2.05, 4.69) is 21.6 Å². The van der Waals surface area contributed by atoms with Crippen LogP contribution in [-0.4, -0.2) is 19.2 Å². The van der Waals surface area contributed by atoms with Gasteiger partial charge in [0.15, 0.2) is 10.0 Å². The number of amidine groups is 1. The fraction of sp³-hybridized carbons (Fsp3) is 0.636. The van der Waals surface area contributed by atoms with Crippen molar-refractivity contribution in [1.82, 2.24) is 4.98 Å². The van der Waals surface area contributed by atoms with Crippen LogP contribution in [0.1, 0.15) is 44.0 Å². The van der Waals surface area contributed by atoms with E-state index in [0.29, 0.717) is 18.1 Å². The molecule has 0 saturated carbocycles. The van der Waals surface area contributed by atoms with Gasteiger partial charge in [-0.25, -0.2) is 4.98 Å². The quantitative estimate of drug-likeness (QED) is 0.845. The number of rotatable bonds is 5. The summed E-state index contributed by atoms with van der Waals surface area (Å²) in [5.41, 5.74) is 0. The number of hydrogen-bond donors (Lipinski definition) is 1. The van der Waals surface area contributed by atoms with E-state index in [9.17, 15) is 8.42 Å². The maximum absolute atomic E-state index is 11.9. The minimum Gasteiger partial charge on any atom is -0.326 e. The summed E-state index contributed by atoms with van der Waals surface area (Å²) in [4.78, 5) is 4.19. The summed E-state index contributed by atoms with van der Waals surface area (Å²) < 4.78 is 27.9. The molecular weight excluding hydrogens is 270 g/mol.